The van der Waals surface area contributed by atoms with E-state index in [1.165, 1.54) is 6.92 Å². The molecule has 9 heteroatoms. The summed E-state index contributed by atoms with van der Waals surface area (Å²) >= 11 is 0. The van der Waals surface area contributed by atoms with E-state index in [0.717, 1.165) is 65.2 Å². The Bertz CT molecular complexity index is 1290. The van der Waals surface area contributed by atoms with Crippen LogP contribution in [0.15, 0.2) is 24.5 Å². The first kappa shape index (κ1) is 22.5. The number of nitrogens with zero attached hydrogens (tertiary/aromatic N) is 3. The lowest BCUT2D eigenvalue weighted by Gasteiger charge is -2.36. The molecule has 184 valence electrons. The maximum absolute atomic E-state index is 11.6. The van der Waals surface area contributed by atoms with Gasteiger partial charge in [-0.15, -0.1) is 0 Å². The summed E-state index contributed by atoms with van der Waals surface area (Å²) in [6.07, 6.45) is 5.37. The number of pyridine rings is 2. The van der Waals surface area contributed by atoms with Crippen LogP contribution in [-0.4, -0.2) is 59.6 Å². The predicted octanol–water partition coefficient (Wildman–Crippen LogP) is 3.20. The normalized spacial score (nSPS) is 22.7. The summed E-state index contributed by atoms with van der Waals surface area (Å²) in [5.41, 5.74) is 4.18. The lowest BCUT2D eigenvalue weighted by molar-refractivity contribution is -0.114. The van der Waals surface area contributed by atoms with Gasteiger partial charge in [0, 0.05) is 68.1 Å². The van der Waals surface area contributed by atoms with Crippen LogP contribution in [0.5, 0.6) is 5.75 Å². The summed E-state index contributed by atoms with van der Waals surface area (Å²) in [5, 5.41) is 3.74. The molecule has 9 nitrogen and oxygen atoms in total. The Morgan fingerprint density at radius 3 is 2.86 bits per heavy atom. The molecule has 3 aliphatic rings. The number of ether oxygens (including phenoxy) is 4. The van der Waals surface area contributed by atoms with Gasteiger partial charge in [0.2, 0.25) is 5.91 Å². The Labute approximate surface area is 203 Å². The Balaban J connectivity index is 1.51. The Kier molecular flexibility index (Phi) is 5.51. The number of carbonyl (C=O) groups is 1. The van der Waals surface area contributed by atoms with Gasteiger partial charge in [0.25, 0.3) is 0 Å². The van der Waals surface area contributed by atoms with Crippen molar-refractivity contribution in [1.29, 1.82) is 0 Å². The molecule has 0 aliphatic carbocycles. The van der Waals surface area contributed by atoms with Crippen molar-refractivity contribution in [3.63, 3.8) is 0 Å². The molecule has 0 radical (unpaired) electrons. The number of amides is 1. The fourth-order valence-electron chi connectivity index (χ4n) is 5.23. The van der Waals surface area contributed by atoms with Crippen LogP contribution in [0.1, 0.15) is 31.5 Å². The van der Waals surface area contributed by atoms with Gasteiger partial charge in [-0.25, -0.2) is 9.97 Å². The van der Waals surface area contributed by atoms with E-state index in [9.17, 15) is 4.79 Å². The monoisotopic (exact) mass is 478 g/mol. The van der Waals surface area contributed by atoms with Crippen LogP contribution in [0, 0.1) is 5.92 Å². The van der Waals surface area contributed by atoms with Crippen LogP contribution in [0.3, 0.4) is 0 Å². The quantitative estimate of drug-likeness (QED) is 0.602. The molecule has 2 atom stereocenters. The van der Waals surface area contributed by atoms with Crippen LogP contribution >= 0.6 is 0 Å². The summed E-state index contributed by atoms with van der Waals surface area (Å²) < 4.78 is 26.1. The van der Waals surface area contributed by atoms with Crippen LogP contribution < -0.4 is 10.1 Å². The van der Waals surface area contributed by atoms with Crippen molar-refractivity contribution in [3.8, 4) is 17.0 Å². The zero-order valence-corrected chi connectivity index (χ0v) is 20.3. The van der Waals surface area contributed by atoms with Crippen molar-refractivity contribution >= 4 is 22.6 Å². The summed E-state index contributed by atoms with van der Waals surface area (Å²) in [4.78, 5) is 21.2. The van der Waals surface area contributed by atoms with Gasteiger partial charge in [-0.05, 0) is 13.0 Å². The van der Waals surface area contributed by atoms with Gasteiger partial charge in [0.05, 0.1) is 49.5 Å². The zero-order chi connectivity index (χ0) is 24.2. The fourth-order valence-corrected chi connectivity index (χ4v) is 5.23. The largest absolute Gasteiger partial charge is 0.490 e. The molecular weight excluding hydrogens is 448 g/mol. The van der Waals surface area contributed by atoms with E-state index in [0.29, 0.717) is 31.6 Å². The predicted molar refractivity (Wildman–Crippen MR) is 129 cm³/mol. The fraction of sp³-hybridized carbons (Fsp3) is 0.500. The number of anilines is 1. The van der Waals surface area contributed by atoms with Crippen molar-refractivity contribution < 1.29 is 23.7 Å². The molecule has 6 heterocycles. The molecular formula is C26H30N4O5. The maximum atomic E-state index is 11.6. The highest BCUT2D eigenvalue weighted by molar-refractivity contribution is 5.98. The van der Waals surface area contributed by atoms with E-state index in [1.54, 1.807) is 6.20 Å². The van der Waals surface area contributed by atoms with E-state index in [1.807, 2.05) is 23.9 Å². The van der Waals surface area contributed by atoms with E-state index in [4.69, 9.17) is 23.9 Å². The third kappa shape index (κ3) is 3.87. The summed E-state index contributed by atoms with van der Waals surface area (Å²) in [5.74, 6) is 1.59. The second-order valence-electron chi connectivity index (χ2n) is 9.77. The molecule has 6 rings (SSSR count). The van der Waals surface area contributed by atoms with E-state index < -0.39 is 5.60 Å². The van der Waals surface area contributed by atoms with Gasteiger partial charge in [-0.1, -0.05) is 0 Å². The smallest absolute Gasteiger partial charge is 0.222 e. The molecule has 0 aromatic carbocycles. The molecule has 1 amide bonds. The molecule has 2 fully saturated rings. The molecule has 0 saturated carbocycles. The number of rotatable bonds is 5. The first-order valence-electron chi connectivity index (χ1n) is 12.2. The van der Waals surface area contributed by atoms with Crippen LogP contribution in [0.2, 0.25) is 0 Å². The highest BCUT2D eigenvalue weighted by Gasteiger charge is 2.45. The first-order valence-corrected chi connectivity index (χ1v) is 12.2. The van der Waals surface area contributed by atoms with E-state index in [2.05, 4.69) is 23.3 Å². The average Bonchev–Trinajstić information content (AvgIpc) is 3.38. The van der Waals surface area contributed by atoms with Gasteiger partial charge in [0.15, 0.2) is 0 Å². The molecule has 3 aromatic heterocycles. The van der Waals surface area contributed by atoms with Crippen LogP contribution in [0.25, 0.3) is 22.2 Å². The second-order valence-corrected chi connectivity index (χ2v) is 9.77. The standard InChI is InChI=1S/C26H30N4O5/c1-15(17-12-33-13-17)35-23-9-21(29-25-18(23)4-6-34-26(25)5-7-32-14-26)20-11-30(3)22-10-27-24(8-19(20)22)28-16(2)31/h8-11,15,17H,4-7,12-14H2,1-3H3,(H,27,28,31). The Morgan fingerprint density at radius 1 is 1.29 bits per heavy atom. The van der Waals surface area contributed by atoms with Crippen LogP contribution in [0.4, 0.5) is 5.82 Å². The molecule has 1 spiro atoms. The first-order chi connectivity index (χ1) is 16.9. The van der Waals surface area contributed by atoms with Gasteiger partial charge >= 0.3 is 0 Å². The number of aryl methyl sites for hydroxylation is 1. The molecule has 3 aliphatic heterocycles. The van der Waals surface area contributed by atoms with Crippen molar-refractivity contribution in [2.45, 2.75) is 38.4 Å². The van der Waals surface area contributed by atoms with Crippen LogP contribution in [-0.2, 0) is 38.1 Å². The van der Waals surface area contributed by atoms with Gasteiger partial charge < -0.3 is 28.8 Å². The van der Waals surface area contributed by atoms with Gasteiger partial charge in [-0.3, -0.25) is 4.79 Å². The highest BCUT2D eigenvalue weighted by atomic mass is 16.6. The SMILES string of the molecule is CC(=O)Nc1cc2c(-c3cc(OC(C)C4COC4)c4c(n3)C3(CCOC3)OCC4)cn(C)c2cn1. The topological polar surface area (TPSA) is 96.7 Å². The third-order valence-electron chi connectivity index (χ3n) is 7.33. The van der Waals surface area contributed by atoms with Gasteiger partial charge in [-0.2, -0.15) is 0 Å². The number of carbonyl (C=O) groups excluding carboxylic acids is 1. The molecule has 35 heavy (non-hydrogen) atoms. The third-order valence-corrected chi connectivity index (χ3v) is 7.33. The van der Waals surface area contributed by atoms with Crippen molar-refractivity contribution in [2.24, 2.45) is 13.0 Å². The van der Waals surface area contributed by atoms with E-state index in [-0.39, 0.29) is 12.0 Å². The number of hydrogen-bond donors (Lipinski definition) is 1. The van der Waals surface area contributed by atoms with E-state index >= 15 is 0 Å². The second kappa shape index (κ2) is 8.58. The summed E-state index contributed by atoms with van der Waals surface area (Å²) in [7, 11) is 1.98. The summed E-state index contributed by atoms with van der Waals surface area (Å²) in [6.45, 7) is 6.80. The Hall–Kier alpha value is -3.01. The number of aromatic nitrogens is 3. The number of nitrogens with one attached hydrogen (secondary N) is 1. The minimum Gasteiger partial charge on any atom is -0.490 e. The molecule has 2 unspecified atom stereocenters. The minimum atomic E-state index is -0.544. The molecule has 2 saturated heterocycles. The summed E-state index contributed by atoms with van der Waals surface area (Å²) in [6, 6.07) is 3.95. The van der Waals surface area contributed by atoms with Crippen molar-refractivity contribution in [1.82, 2.24) is 14.5 Å². The molecule has 1 N–H and O–H groups in total. The van der Waals surface area contributed by atoms with Crippen molar-refractivity contribution in [3.05, 3.63) is 35.8 Å². The zero-order valence-electron chi connectivity index (χ0n) is 20.3. The average molecular weight is 479 g/mol. The molecule has 3 aromatic rings. The lowest BCUT2D eigenvalue weighted by atomic mass is 9.89. The van der Waals surface area contributed by atoms with Crippen molar-refractivity contribution in [2.75, 3.05) is 38.4 Å². The Morgan fingerprint density at radius 2 is 2.14 bits per heavy atom. The molecule has 0 bridgehead atoms. The lowest BCUT2D eigenvalue weighted by Crippen LogP contribution is -2.40. The highest BCUT2D eigenvalue weighted by Crippen LogP contribution is 2.44. The maximum Gasteiger partial charge on any atom is 0.222 e. The minimum absolute atomic E-state index is 0.0322. The number of fused-ring (bicyclic) bond motifs is 3. The number of hydrogen-bond acceptors (Lipinski definition) is 7. The van der Waals surface area contributed by atoms with Gasteiger partial charge in [0.1, 0.15) is 23.3 Å².